The molecule has 0 saturated carbocycles. The number of amides is 1. The number of nitrogens with zero attached hydrogens (tertiary/aromatic N) is 3. The van der Waals surface area contributed by atoms with E-state index in [1.807, 2.05) is 42.5 Å². The summed E-state index contributed by atoms with van der Waals surface area (Å²) in [6, 6.07) is 13.0. The van der Waals surface area contributed by atoms with Crippen molar-refractivity contribution < 1.29 is 9.53 Å². The van der Waals surface area contributed by atoms with Gasteiger partial charge in [0, 0.05) is 10.9 Å². The zero-order valence-electron chi connectivity index (χ0n) is 14.4. The smallest absolute Gasteiger partial charge is 0.244 e. The summed E-state index contributed by atoms with van der Waals surface area (Å²) in [4.78, 5) is 12.6. The molecule has 0 radical (unpaired) electrons. The molecule has 0 atom stereocenters. The van der Waals surface area contributed by atoms with Crippen LogP contribution in [0.15, 0.2) is 48.7 Å². The van der Waals surface area contributed by atoms with E-state index in [4.69, 9.17) is 17.0 Å². The van der Waals surface area contributed by atoms with Gasteiger partial charge >= 0.3 is 0 Å². The summed E-state index contributed by atoms with van der Waals surface area (Å²) in [6.45, 7) is 0.0290. The van der Waals surface area contributed by atoms with Crippen molar-refractivity contribution in [2.45, 2.75) is 6.54 Å². The molecule has 2 aromatic carbocycles. The second-order valence-corrected chi connectivity index (χ2v) is 6.24. The lowest BCUT2D eigenvalue weighted by Crippen LogP contribution is -2.19. The van der Waals surface area contributed by atoms with E-state index in [2.05, 4.69) is 25.7 Å². The molecule has 0 spiro atoms. The number of hydrogen-bond acceptors (Lipinski definition) is 5. The molecule has 136 valence electrons. The molecule has 4 aromatic rings. The number of aromatic nitrogens is 5. The average molecular weight is 380 g/mol. The third-order valence-corrected chi connectivity index (χ3v) is 4.47. The molecule has 2 heterocycles. The minimum Gasteiger partial charge on any atom is -0.497 e. The molecule has 0 fully saturated rings. The number of carbonyl (C=O) groups excluding carboxylic acids is 1. The number of benzene rings is 2. The Morgan fingerprint density at radius 1 is 1.22 bits per heavy atom. The number of para-hydroxylation sites is 1. The maximum Gasteiger partial charge on any atom is 0.244 e. The Morgan fingerprint density at radius 3 is 2.81 bits per heavy atom. The summed E-state index contributed by atoms with van der Waals surface area (Å²) in [5, 5.41) is 17.7. The molecule has 9 heteroatoms. The van der Waals surface area contributed by atoms with Crippen LogP contribution in [0.2, 0.25) is 0 Å². The molecule has 0 aliphatic carbocycles. The summed E-state index contributed by atoms with van der Waals surface area (Å²) in [6.07, 6.45) is 1.71. The predicted molar refractivity (Wildman–Crippen MR) is 104 cm³/mol. The highest BCUT2D eigenvalue weighted by atomic mass is 32.1. The first-order valence-electron chi connectivity index (χ1n) is 8.17. The van der Waals surface area contributed by atoms with Gasteiger partial charge in [0.25, 0.3) is 0 Å². The van der Waals surface area contributed by atoms with E-state index in [1.54, 1.807) is 17.9 Å². The molecule has 0 saturated heterocycles. The van der Waals surface area contributed by atoms with E-state index in [-0.39, 0.29) is 12.5 Å². The Hall–Kier alpha value is -3.46. The van der Waals surface area contributed by atoms with Crippen LogP contribution in [0, 0.1) is 4.77 Å². The SMILES string of the molecule is COc1ccc(-c2n[nH]c(=S)n2CC(=O)Nc2cccc3cn[nH]c23)cc1. The van der Waals surface area contributed by atoms with Crippen LogP contribution in [0.5, 0.6) is 5.75 Å². The van der Waals surface area contributed by atoms with E-state index < -0.39 is 0 Å². The molecule has 3 N–H and O–H groups in total. The lowest BCUT2D eigenvalue weighted by molar-refractivity contribution is -0.116. The molecule has 1 amide bonds. The monoisotopic (exact) mass is 380 g/mol. The number of H-pyrrole nitrogens is 2. The number of fused-ring (bicyclic) bond motifs is 1. The van der Waals surface area contributed by atoms with Crippen molar-refractivity contribution in [3.63, 3.8) is 0 Å². The number of anilines is 1. The Labute approximate surface area is 159 Å². The quantitative estimate of drug-likeness (QED) is 0.462. The first kappa shape index (κ1) is 17.0. The van der Waals surface area contributed by atoms with Crippen LogP contribution in [0.3, 0.4) is 0 Å². The average Bonchev–Trinajstić information content (AvgIpc) is 3.30. The number of methoxy groups -OCH3 is 1. The van der Waals surface area contributed by atoms with Crippen LogP contribution in [0.1, 0.15) is 0 Å². The second kappa shape index (κ2) is 7.04. The summed E-state index contributed by atoms with van der Waals surface area (Å²) in [7, 11) is 1.61. The largest absolute Gasteiger partial charge is 0.497 e. The Balaban J connectivity index is 1.59. The minimum atomic E-state index is -0.218. The fraction of sp³-hybridized carbons (Fsp3) is 0.111. The van der Waals surface area contributed by atoms with E-state index in [0.29, 0.717) is 16.3 Å². The number of ether oxygens (including phenoxy) is 1. The highest BCUT2D eigenvalue weighted by Gasteiger charge is 2.14. The molecular formula is C18H16N6O2S. The molecule has 27 heavy (non-hydrogen) atoms. The van der Waals surface area contributed by atoms with Gasteiger partial charge in [-0.25, -0.2) is 0 Å². The lowest BCUT2D eigenvalue weighted by Gasteiger charge is -2.09. The Bertz CT molecular complexity index is 1160. The van der Waals surface area contributed by atoms with Crippen molar-refractivity contribution in [1.29, 1.82) is 0 Å². The van der Waals surface area contributed by atoms with Gasteiger partial charge in [-0.15, -0.1) is 0 Å². The maximum absolute atomic E-state index is 12.6. The number of rotatable bonds is 5. The predicted octanol–water partition coefficient (Wildman–Crippen LogP) is 3.13. The molecule has 0 aliphatic heterocycles. The van der Waals surface area contributed by atoms with Crippen molar-refractivity contribution in [1.82, 2.24) is 25.0 Å². The van der Waals surface area contributed by atoms with Gasteiger partial charge in [-0.2, -0.15) is 10.2 Å². The van der Waals surface area contributed by atoms with Crippen LogP contribution >= 0.6 is 12.2 Å². The standard InChI is InChI=1S/C18H16N6O2S/c1-26-13-7-5-11(6-8-13)17-22-23-18(27)24(17)10-15(25)20-14-4-2-3-12-9-19-21-16(12)14/h2-9H,10H2,1H3,(H,19,21)(H,20,25)(H,23,27). The molecule has 4 rings (SSSR count). The number of carbonyl (C=O) groups is 1. The van der Waals surface area contributed by atoms with Crippen molar-refractivity contribution in [2.24, 2.45) is 0 Å². The summed E-state index contributed by atoms with van der Waals surface area (Å²) in [5.41, 5.74) is 2.26. The van der Waals surface area contributed by atoms with E-state index in [0.717, 1.165) is 22.2 Å². The van der Waals surface area contributed by atoms with E-state index in [9.17, 15) is 4.79 Å². The molecule has 0 aliphatic rings. The topological polar surface area (TPSA) is 101 Å². The first-order valence-corrected chi connectivity index (χ1v) is 8.58. The van der Waals surface area contributed by atoms with Gasteiger partial charge in [-0.1, -0.05) is 12.1 Å². The van der Waals surface area contributed by atoms with Crippen molar-refractivity contribution >= 4 is 34.7 Å². The van der Waals surface area contributed by atoms with Gasteiger partial charge in [-0.05, 0) is 42.5 Å². The van der Waals surface area contributed by atoms with Gasteiger partial charge < -0.3 is 10.1 Å². The summed E-state index contributed by atoms with van der Waals surface area (Å²) < 4.78 is 7.20. The van der Waals surface area contributed by atoms with Crippen LogP contribution in [-0.2, 0) is 11.3 Å². The van der Waals surface area contributed by atoms with Crippen molar-refractivity contribution in [3.8, 4) is 17.1 Å². The van der Waals surface area contributed by atoms with Crippen LogP contribution < -0.4 is 10.1 Å². The third-order valence-electron chi connectivity index (χ3n) is 4.16. The van der Waals surface area contributed by atoms with Crippen molar-refractivity contribution in [3.05, 3.63) is 53.4 Å². The number of aromatic amines is 2. The first-order chi connectivity index (χ1) is 13.2. The Morgan fingerprint density at radius 2 is 2.04 bits per heavy atom. The molecule has 0 bridgehead atoms. The highest BCUT2D eigenvalue weighted by molar-refractivity contribution is 7.71. The minimum absolute atomic E-state index is 0.0290. The fourth-order valence-electron chi connectivity index (χ4n) is 2.83. The normalized spacial score (nSPS) is 10.9. The van der Waals surface area contributed by atoms with Gasteiger partial charge in [0.15, 0.2) is 10.6 Å². The maximum atomic E-state index is 12.6. The molecule has 0 unspecified atom stereocenters. The molecular weight excluding hydrogens is 364 g/mol. The van der Waals surface area contributed by atoms with Crippen molar-refractivity contribution in [2.75, 3.05) is 12.4 Å². The van der Waals surface area contributed by atoms with E-state index >= 15 is 0 Å². The van der Waals surface area contributed by atoms with Gasteiger partial charge in [0.05, 0.1) is 24.5 Å². The van der Waals surface area contributed by atoms with E-state index in [1.165, 1.54) is 0 Å². The molecule has 2 aromatic heterocycles. The van der Waals surface area contributed by atoms with Gasteiger partial charge in [0.2, 0.25) is 5.91 Å². The van der Waals surface area contributed by atoms with Crippen LogP contribution in [-0.4, -0.2) is 38.0 Å². The van der Waals surface area contributed by atoms with Gasteiger partial charge in [0.1, 0.15) is 12.3 Å². The lowest BCUT2D eigenvalue weighted by atomic mass is 10.2. The highest BCUT2D eigenvalue weighted by Crippen LogP contribution is 2.22. The fourth-order valence-corrected chi connectivity index (χ4v) is 3.03. The summed E-state index contributed by atoms with van der Waals surface area (Å²) in [5.74, 6) is 1.10. The second-order valence-electron chi connectivity index (χ2n) is 5.85. The summed E-state index contributed by atoms with van der Waals surface area (Å²) >= 11 is 5.29. The van der Waals surface area contributed by atoms with Crippen LogP contribution in [0.25, 0.3) is 22.3 Å². The zero-order chi connectivity index (χ0) is 18.8. The molecule has 8 nitrogen and oxygen atoms in total. The third kappa shape index (κ3) is 3.32. The zero-order valence-corrected chi connectivity index (χ0v) is 15.2. The Kier molecular flexibility index (Phi) is 4.43. The number of nitrogens with one attached hydrogen (secondary N) is 3. The van der Waals surface area contributed by atoms with Crippen LogP contribution in [0.4, 0.5) is 5.69 Å². The number of hydrogen-bond donors (Lipinski definition) is 3. The van der Waals surface area contributed by atoms with Gasteiger partial charge in [-0.3, -0.25) is 19.6 Å².